The van der Waals surface area contributed by atoms with E-state index in [-0.39, 0.29) is 28.3 Å². The number of nitrogens with one attached hydrogen (secondary N) is 1. The van der Waals surface area contributed by atoms with Crippen LogP contribution in [0.2, 0.25) is 10.0 Å². The molecule has 1 amide bonds. The lowest BCUT2D eigenvalue weighted by atomic mass is 10.4. The quantitative estimate of drug-likeness (QED) is 0.765. The Morgan fingerprint density at radius 3 is 2.85 bits per heavy atom. The van der Waals surface area contributed by atoms with Crippen LogP contribution in [-0.2, 0) is 14.3 Å². The highest BCUT2D eigenvalue weighted by molar-refractivity contribution is 8.00. The summed E-state index contributed by atoms with van der Waals surface area (Å²) in [6, 6.07) is 0.724. The van der Waals surface area contributed by atoms with Crippen LogP contribution in [0.5, 0.6) is 0 Å². The van der Waals surface area contributed by atoms with E-state index in [4.69, 9.17) is 28.9 Å². The fourth-order valence-electron chi connectivity index (χ4n) is 1.17. The first-order valence-corrected chi connectivity index (χ1v) is 7.37. The Bertz CT molecular complexity index is 502. The highest BCUT2D eigenvalue weighted by Crippen LogP contribution is 2.22. The Labute approximate surface area is 130 Å². The molecule has 20 heavy (non-hydrogen) atoms. The van der Waals surface area contributed by atoms with E-state index in [0.717, 1.165) is 0 Å². The second-order valence-electron chi connectivity index (χ2n) is 3.68. The Kier molecular flexibility index (Phi) is 7.08. The zero-order valence-corrected chi connectivity index (χ0v) is 12.9. The largest absolute Gasteiger partial charge is 0.468 e. The van der Waals surface area contributed by atoms with Crippen LogP contribution in [0, 0.1) is 0 Å². The molecular weight excluding hydrogens is 325 g/mol. The van der Waals surface area contributed by atoms with Crippen LogP contribution >= 0.6 is 35.0 Å². The third-order valence-corrected chi connectivity index (χ3v) is 3.66. The number of nitrogens with zero attached hydrogens (tertiary/aromatic N) is 1. The number of ether oxygens (including phenoxy) is 1. The van der Waals surface area contributed by atoms with Crippen LogP contribution in [-0.4, -0.2) is 41.5 Å². The number of aromatic nitrogens is 1. The highest BCUT2D eigenvalue weighted by Gasteiger charge is 2.14. The van der Waals surface area contributed by atoms with Gasteiger partial charge in [-0.1, -0.05) is 23.2 Å². The monoisotopic (exact) mass is 337 g/mol. The molecule has 0 fully saturated rings. The van der Waals surface area contributed by atoms with Crippen molar-refractivity contribution >= 4 is 52.7 Å². The molecule has 1 aromatic rings. The first kappa shape index (κ1) is 17.0. The number of methoxy groups -OCH3 is 1. The van der Waals surface area contributed by atoms with Crippen LogP contribution < -0.4 is 11.1 Å². The van der Waals surface area contributed by atoms with Crippen molar-refractivity contribution in [3.63, 3.8) is 0 Å². The molecule has 9 heteroatoms. The van der Waals surface area contributed by atoms with E-state index in [0.29, 0.717) is 5.02 Å². The molecule has 1 aromatic heterocycles. The Hall–Kier alpha value is -1.02. The molecule has 0 spiro atoms. The second kappa shape index (κ2) is 8.31. The van der Waals surface area contributed by atoms with Gasteiger partial charge in [0, 0.05) is 11.9 Å². The van der Waals surface area contributed by atoms with E-state index in [9.17, 15) is 9.59 Å². The first-order valence-electron chi connectivity index (χ1n) is 5.46. The summed E-state index contributed by atoms with van der Waals surface area (Å²) in [4.78, 5) is 26.6. The molecular formula is C11H13Cl2N3O3S. The summed E-state index contributed by atoms with van der Waals surface area (Å²) < 4.78 is 4.47. The summed E-state index contributed by atoms with van der Waals surface area (Å²) >= 11 is 12.8. The minimum atomic E-state index is -0.755. The van der Waals surface area contributed by atoms with E-state index in [2.05, 4.69) is 15.0 Å². The van der Waals surface area contributed by atoms with Gasteiger partial charge >= 0.3 is 5.97 Å². The molecule has 1 heterocycles. The number of halogens is 2. The predicted octanol–water partition coefficient (Wildman–Crippen LogP) is 1.56. The first-order chi connectivity index (χ1) is 9.43. The zero-order valence-electron chi connectivity index (χ0n) is 10.6. The van der Waals surface area contributed by atoms with E-state index >= 15 is 0 Å². The van der Waals surface area contributed by atoms with Gasteiger partial charge < -0.3 is 15.8 Å². The average Bonchev–Trinajstić information content (AvgIpc) is 2.41. The Balaban J connectivity index is 2.39. The van der Waals surface area contributed by atoms with Crippen molar-refractivity contribution in [2.24, 2.45) is 5.73 Å². The number of carbonyl (C=O) groups excluding carboxylic acids is 2. The second-order valence-corrected chi connectivity index (χ2v) is 5.55. The van der Waals surface area contributed by atoms with Gasteiger partial charge in [0.1, 0.15) is 6.04 Å². The number of esters is 1. The van der Waals surface area contributed by atoms with E-state index in [1.807, 2.05) is 0 Å². The number of carbonyl (C=O) groups is 2. The molecule has 1 rings (SSSR count). The topological polar surface area (TPSA) is 94.3 Å². The van der Waals surface area contributed by atoms with Crippen LogP contribution in [0.3, 0.4) is 0 Å². The number of rotatable bonds is 6. The normalized spacial score (nSPS) is 11.8. The number of anilines is 1. The molecule has 0 radical (unpaired) electrons. The lowest BCUT2D eigenvalue weighted by Crippen LogP contribution is -2.34. The number of nitrogens with two attached hydrogens (primary N) is 1. The number of pyridine rings is 1. The number of thioether (sulfide) groups is 1. The summed E-state index contributed by atoms with van der Waals surface area (Å²) in [5.41, 5.74) is 5.53. The third kappa shape index (κ3) is 5.54. The molecule has 0 aromatic carbocycles. The molecule has 0 aliphatic rings. The maximum Gasteiger partial charge on any atom is 0.323 e. The highest BCUT2D eigenvalue weighted by atomic mass is 35.5. The lowest BCUT2D eigenvalue weighted by Gasteiger charge is -2.09. The lowest BCUT2D eigenvalue weighted by molar-refractivity contribution is -0.141. The smallest absolute Gasteiger partial charge is 0.323 e. The maximum absolute atomic E-state index is 11.6. The van der Waals surface area contributed by atoms with Crippen molar-refractivity contribution in [3.05, 3.63) is 22.3 Å². The van der Waals surface area contributed by atoms with Gasteiger partial charge in [0.05, 0.1) is 22.9 Å². The summed E-state index contributed by atoms with van der Waals surface area (Å²) in [7, 11) is 1.26. The minimum Gasteiger partial charge on any atom is -0.468 e. The molecule has 1 unspecified atom stereocenters. The van der Waals surface area contributed by atoms with Gasteiger partial charge in [-0.05, 0) is 6.07 Å². The van der Waals surface area contributed by atoms with Gasteiger partial charge in [-0.2, -0.15) is 0 Å². The van der Waals surface area contributed by atoms with Gasteiger partial charge in [-0.15, -0.1) is 11.8 Å². The van der Waals surface area contributed by atoms with Crippen molar-refractivity contribution in [3.8, 4) is 0 Å². The van der Waals surface area contributed by atoms with Gasteiger partial charge in [-0.25, -0.2) is 4.98 Å². The van der Waals surface area contributed by atoms with E-state index < -0.39 is 12.0 Å². The molecule has 0 bridgehead atoms. The third-order valence-electron chi connectivity index (χ3n) is 2.10. The number of hydrogen-bond acceptors (Lipinski definition) is 6. The summed E-state index contributed by atoms with van der Waals surface area (Å²) in [5.74, 6) is -0.184. The van der Waals surface area contributed by atoms with Crippen molar-refractivity contribution < 1.29 is 14.3 Å². The van der Waals surface area contributed by atoms with Crippen molar-refractivity contribution in [2.75, 3.05) is 23.9 Å². The van der Waals surface area contributed by atoms with Gasteiger partial charge in [0.25, 0.3) is 0 Å². The average molecular weight is 338 g/mol. The summed E-state index contributed by atoms with van der Waals surface area (Å²) in [6.45, 7) is 0. The Morgan fingerprint density at radius 2 is 2.25 bits per heavy atom. The summed E-state index contributed by atoms with van der Waals surface area (Å²) in [6.07, 6.45) is 1.38. The van der Waals surface area contributed by atoms with Gasteiger partial charge in [0.2, 0.25) is 5.91 Å². The molecule has 6 nitrogen and oxygen atoms in total. The molecule has 3 N–H and O–H groups in total. The molecule has 110 valence electrons. The van der Waals surface area contributed by atoms with Crippen LogP contribution in [0.25, 0.3) is 0 Å². The maximum atomic E-state index is 11.6. The minimum absolute atomic E-state index is 0.116. The molecule has 1 atom stereocenters. The molecule has 0 aliphatic carbocycles. The zero-order chi connectivity index (χ0) is 15.1. The van der Waals surface area contributed by atoms with Crippen molar-refractivity contribution in [1.82, 2.24) is 4.98 Å². The van der Waals surface area contributed by atoms with Crippen LogP contribution in [0.1, 0.15) is 0 Å². The molecule has 0 aliphatic heterocycles. The molecule has 0 saturated carbocycles. The fraction of sp³-hybridized carbons (Fsp3) is 0.364. The van der Waals surface area contributed by atoms with Crippen molar-refractivity contribution in [2.45, 2.75) is 6.04 Å². The fourth-order valence-corrected chi connectivity index (χ4v) is 2.37. The standard InChI is InChI=1S/C11H13Cl2N3O3S/c1-19-11(18)8(14)4-20-5-9(17)16-10-7(13)2-6(12)3-15-10/h2-3,8H,4-5,14H2,1H3,(H,15,16,17). The number of amides is 1. The molecule has 0 saturated heterocycles. The van der Waals surface area contributed by atoms with Crippen LogP contribution in [0.15, 0.2) is 12.3 Å². The predicted molar refractivity (Wildman–Crippen MR) is 80.2 cm³/mol. The Morgan fingerprint density at radius 1 is 1.55 bits per heavy atom. The van der Waals surface area contributed by atoms with Crippen LogP contribution in [0.4, 0.5) is 5.82 Å². The SMILES string of the molecule is COC(=O)C(N)CSCC(=O)Nc1ncc(Cl)cc1Cl. The number of hydrogen-bond donors (Lipinski definition) is 2. The van der Waals surface area contributed by atoms with Gasteiger partial charge in [-0.3, -0.25) is 9.59 Å². The summed E-state index contributed by atoms with van der Waals surface area (Å²) in [5, 5.41) is 3.17. The van der Waals surface area contributed by atoms with E-state index in [1.54, 1.807) is 0 Å². The van der Waals surface area contributed by atoms with Crippen molar-refractivity contribution in [1.29, 1.82) is 0 Å². The van der Waals surface area contributed by atoms with Gasteiger partial charge in [0.15, 0.2) is 5.82 Å². The van der Waals surface area contributed by atoms with E-state index in [1.165, 1.54) is 31.1 Å².